The topological polar surface area (TPSA) is 258 Å². The Bertz CT molecular complexity index is 1810. The first-order valence-electron chi connectivity index (χ1n) is 22.7. The summed E-state index contributed by atoms with van der Waals surface area (Å²) in [4.78, 5) is 13.1. The summed E-state index contributed by atoms with van der Waals surface area (Å²) in [7, 11) is 0. The summed E-state index contributed by atoms with van der Waals surface area (Å²) in [6.07, 6.45) is -5.99. The monoisotopic (exact) mass is 861 g/mol. The molecular formula is C45H71N3O13. The van der Waals surface area contributed by atoms with Crippen LogP contribution in [0.25, 0.3) is 0 Å². The van der Waals surface area contributed by atoms with Gasteiger partial charge in [0.15, 0.2) is 12.5 Å². The molecule has 8 rings (SSSR count). The highest BCUT2D eigenvalue weighted by atomic mass is 16.7. The molecule has 0 bridgehead atoms. The minimum Gasteiger partial charge on any atom is -0.481 e. The first-order chi connectivity index (χ1) is 28.6. The van der Waals surface area contributed by atoms with E-state index in [9.17, 15) is 50.8 Å². The van der Waals surface area contributed by atoms with Gasteiger partial charge in [-0.3, -0.25) is 4.79 Å². The van der Waals surface area contributed by atoms with E-state index in [0.29, 0.717) is 30.4 Å². The van der Waals surface area contributed by atoms with Crippen molar-refractivity contribution >= 4 is 5.97 Å². The minimum atomic E-state index is -1.78. The molecule has 0 amide bonds. The quantitative estimate of drug-likeness (QED) is 0.161. The average molecular weight is 862 g/mol. The molecule has 1 aromatic heterocycles. The van der Waals surface area contributed by atoms with Crippen molar-refractivity contribution in [2.75, 3.05) is 13.2 Å². The molecule has 2 saturated heterocycles. The van der Waals surface area contributed by atoms with Crippen LogP contribution in [0.4, 0.5) is 0 Å². The van der Waals surface area contributed by atoms with E-state index in [1.165, 1.54) is 4.68 Å². The van der Waals surface area contributed by atoms with Crippen LogP contribution in [0.3, 0.4) is 0 Å². The van der Waals surface area contributed by atoms with Gasteiger partial charge in [0.1, 0.15) is 48.8 Å². The lowest BCUT2D eigenvalue weighted by molar-refractivity contribution is -0.347. The Labute approximate surface area is 358 Å². The van der Waals surface area contributed by atoms with Crippen LogP contribution in [0.5, 0.6) is 0 Å². The second kappa shape index (κ2) is 15.8. The van der Waals surface area contributed by atoms with Crippen molar-refractivity contribution < 1.29 is 65.0 Å². The maximum absolute atomic E-state index is 13.1. The largest absolute Gasteiger partial charge is 0.481 e. The van der Waals surface area contributed by atoms with E-state index in [4.69, 9.17) is 14.2 Å². The van der Waals surface area contributed by atoms with Crippen LogP contribution in [0.1, 0.15) is 111 Å². The molecule has 0 spiro atoms. The normalized spacial score (nSPS) is 51.7. The fourth-order valence-corrected chi connectivity index (χ4v) is 15.6. The van der Waals surface area contributed by atoms with E-state index in [1.54, 1.807) is 6.20 Å². The molecule has 21 atom stereocenters. The zero-order valence-corrected chi connectivity index (χ0v) is 36.6. The molecule has 16 heteroatoms. The van der Waals surface area contributed by atoms with Gasteiger partial charge in [0.05, 0.1) is 36.6 Å². The molecule has 0 unspecified atom stereocenters. The lowest BCUT2D eigenvalue weighted by Gasteiger charge is -2.73. The molecule has 5 aliphatic carbocycles. The molecular weight excluding hydrogens is 791 g/mol. The summed E-state index contributed by atoms with van der Waals surface area (Å²) in [5.41, 5.74) is 0.395. The van der Waals surface area contributed by atoms with E-state index >= 15 is 0 Å². The Morgan fingerprint density at radius 1 is 0.836 bits per heavy atom. The van der Waals surface area contributed by atoms with Crippen molar-refractivity contribution in [3.05, 3.63) is 24.0 Å². The number of aliphatic carboxylic acids is 1. The Morgan fingerprint density at radius 2 is 1.54 bits per heavy atom. The molecule has 2 aliphatic heterocycles. The van der Waals surface area contributed by atoms with E-state index in [-0.39, 0.29) is 39.9 Å². The van der Waals surface area contributed by atoms with Gasteiger partial charge in [0.25, 0.3) is 0 Å². The third kappa shape index (κ3) is 6.66. The van der Waals surface area contributed by atoms with Gasteiger partial charge in [-0.25, -0.2) is 4.68 Å². The maximum Gasteiger partial charge on any atom is 0.309 e. The Balaban J connectivity index is 1.01. The molecule has 7 fully saturated rings. The van der Waals surface area contributed by atoms with E-state index in [0.717, 1.165) is 56.9 Å². The lowest BCUT2D eigenvalue weighted by Crippen LogP contribution is -2.68. The first kappa shape index (κ1) is 45.5. The molecule has 61 heavy (non-hydrogen) atoms. The van der Waals surface area contributed by atoms with E-state index in [1.807, 2.05) is 0 Å². The number of hydrogen-bond acceptors (Lipinski definition) is 14. The molecule has 1 aromatic rings. The molecule has 0 aromatic carbocycles. The van der Waals surface area contributed by atoms with Crippen molar-refractivity contribution in [1.29, 1.82) is 0 Å². The number of carbonyl (C=O) groups is 1. The summed E-state index contributed by atoms with van der Waals surface area (Å²) in [6.45, 7) is 16.9. The zero-order chi connectivity index (χ0) is 44.4. The molecule has 9 N–H and O–H groups in total. The van der Waals surface area contributed by atoms with Crippen molar-refractivity contribution in [1.82, 2.24) is 15.0 Å². The number of fused-ring (bicyclic) bond motifs is 7. The first-order valence-corrected chi connectivity index (χ1v) is 22.7. The van der Waals surface area contributed by atoms with Crippen molar-refractivity contribution in [2.24, 2.45) is 62.6 Å². The summed E-state index contributed by atoms with van der Waals surface area (Å²) < 4.78 is 18.5. The van der Waals surface area contributed by atoms with Gasteiger partial charge < -0.3 is 60.2 Å². The van der Waals surface area contributed by atoms with Crippen LogP contribution < -0.4 is 0 Å². The van der Waals surface area contributed by atoms with Gasteiger partial charge in [0.2, 0.25) is 0 Å². The van der Waals surface area contributed by atoms with E-state index < -0.39 is 97.5 Å². The Hall–Kier alpha value is -2.09. The summed E-state index contributed by atoms with van der Waals surface area (Å²) >= 11 is 0. The molecule has 5 saturated carbocycles. The predicted octanol–water partition coefficient (Wildman–Crippen LogP) is 1.95. The van der Waals surface area contributed by atoms with E-state index in [2.05, 4.69) is 58.4 Å². The highest BCUT2D eigenvalue weighted by molar-refractivity contribution is 5.76. The number of hydrogen-bond donors (Lipinski definition) is 9. The second-order valence-corrected chi connectivity index (χ2v) is 21.8. The van der Waals surface area contributed by atoms with Crippen LogP contribution in [-0.2, 0) is 25.4 Å². The standard InChI is InChI=1S/C45H71N3O13/c1-21(2)24-10-13-45(40(57)58)15-14-43(6)25(30(24)45)8-9-29-42(5)17-22(37(56)41(3,4)28(42)11-12-44(29,43)7)16-23-18-48(47-46-23)38-34(54)33(53)36(27(20-50)59-38)61-39-35(55)32(52)31(51)26(19-49)60-39/h18,22,24-39,49-56H,1,8-17,19-20H2,2-7H3,(H,57,58)/t22-,24+,25-,26-,27-,28+,29-,30-,31+,32+,33-,34-,35-,36-,37+,38-,39+,42+,43-,44-,45+/m1/s1. The predicted molar refractivity (Wildman–Crippen MR) is 217 cm³/mol. The molecule has 3 heterocycles. The third-order valence-corrected chi connectivity index (χ3v) is 18.8. The van der Waals surface area contributed by atoms with Gasteiger partial charge >= 0.3 is 5.97 Å². The number of carboxylic acids is 1. The fraction of sp³-hybridized carbons (Fsp3) is 0.889. The number of aliphatic hydroxyl groups is 8. The highest BCUT2D eigenvalue weighted by Crippen LogP contribution is 2.78. The van der Waals surface area contributed by atoms with Gasteiger partial charge in [-0.05, 0) is 128 Å². The number of carboxylic acid groups (broad SMARTS) is 1. The minimum absolute atomic E-state index is 0.0248. The summed E-state index contributed by atoms with van der Waals surface area (Å²) in [5, 5.41) is 105. The second-order valence-electron chi connectivity index (χ2n) is 21.8. The Morgan fingerprint density at radius 3 is 2.20 bits per heavy atom. The zero-order valence-electron chi connectivity index (χ0n) is 36.6. The number of aliphatic hydroxyl groups excluding tert-OH is 8. The van der Waals surface area contributed by atoms with Crippen LogP contribution in [0.2, 0.25) is 0 Å². The van der Waals surface area contributed by atoms with Crippen LogP contribution in [0, 0.1) is 62.6 Å². The van der Waals surface area contributed by atoms with Crippen LogP contribution in [0.15, 0.2) is 18.3 Å². The van der Waals surface area contributed by atoms with Crippen molar-refractivity contribution in [2.45, 2.75) is 173 Å². The molecule has 16 nitrogen and oxygen atoms in total. The van der Waals surface area contributed by atoms with Gasteiger partial charge in [0, 0.05) is 0 Å². The van der Waals surface area contributed by atoms with Gasteiger partial charge in [-0.2, -0.15) is 0 Å². The molecule has 0 radical (unpaired) electrons. The maximum atomic E-state index is 13.1. The number of aromatic nitrogens is 3. The highest BCUT2D eigenvalue weighted by Gasteiger charge is 2.72. The number of rotatable bonds is 9. The summed E-state index contributed by atoms with van der Waals surface area (Å²) in [6, 6.07) is 0. The molecule has 344 valence electrons. The van der Waals surface area contributed by atoms with Crippen molar-refractivity contribution in [3.8, 4) is 0 Å². The third-order valence-electron chi connectivity index (χ3n) is 18.8. The summed E-state index contributed by atoms with van der Waals surface area (Å²) in [5.74, 6) is 0.446. The van der Waals surface area contributed by atoms with Gasteiger partial charge in [-0.1, -0.05) is 52.0 Å². The SMILES string of the molecule is C=C(C)[C@@H]1CC[C@]2(C(=O)O)CC[C@]3(C)[C@H](CC[C@@H]4[C@@]5(C)C[C@@H](Cc6cn([C@@H]7O[C@H](CO)[C@@H](O[C@@H]8O[C@H](CO)[C@H](O)[C@H](O)[C@H]8O)[C@H](O)[C@H]7O)nn6)[C@H](O)C(C)(C)[C@@H]5CC[C@]43C)[C@@H]12. The lowest BCUT2D eigenvalue weighted by atomic mass is 9.31. The number of ether oxygens (including phenoxy) is 3. The molecule has 7 aliphatic rings. The van der Waals surface area contributed by atoms with Crippen LogP contribution in [-0.4, -0.2) is 141 Å². The smallest absolute Gasteiger partial charge is 0.309 e. The van der Waals surface area contributed by atoms with Crippen molar-refractivity contribution in [3.63, 3.8) is 0 Å². The fourth-order valence-electron chi connectivity index (χ4n) is 15.6. The van der Waals surface area contributed by atoms with Gasteiger partial charge in [-0.15, -0.1) is 5.10 Å². The Kier molecular flexibility index (Phi) is 11.8. The van der Waals surface area contributed by atoms with Crippen LogP contribution >= 0.6 is 0 Å². The number of nitrogens with zero attached hydrogens (tertiary/aromatic N) is 3. The number of allylic oxidation sites excluding steroid dienone is 1. The average Bonchev–Trinajstić information content (AvgIpc) is 3.85.